The van der Waals surface area contributed by atoms with Crippen molar-refractivity contribution in [3.05, 3.63) is 87.6 Å². The molecular weight excluding hydrogens is 458 g/mol. The van der Waals surface area contributed by atoms with Gasteiger partial charge in [0.2, 0.25) is 5.91 Å². The van der Waals surface area contributed by atoms with Gasteiger partial charge in [-0.3, -0.25) is 4.79 Å². The van der Waals surface area contributed by atoms with Gasteiger partial charge >= 0.3 is 6.03 Å². The van der Waals surface area contributed by atoms with E-state index >= 15 is 0 Å². The van der Waals surface area contributed by atoms with Gasteiger partial charge in [0.05, 0.1) is 6.54 Å². The number of carbonyl (C=O) groups is 2. The Morgan fingerprint density at radius 2 is 1.66 bits per heavy atom. The topological polar surface area (TPSA) is 61.9 Å². The minimum Gasteiger partial charge on any atom is -0.382 e. The van der Waals surface area contributed by atoms with Crippen LogP contribution < -0.4 is 5.32 Å². The van der Waals surface area contributed by atoms with E-state index in [1.54, 1.807) is 16.2 Å². The Balaban J connectivity index is 1.74. The summed E-state index contributed by atoms with van der Waals surface area (Å²) in [7, 11) is 0. The fourth-order valence-electron chi connectivity index (χ4n) is 3.65. The summed E-state index contributed by atoms with van der Waals surface area (Å²) >= 11 is 1.69. The first kappa shape index (κ1) is 26.4. The Bertz CT molecular complexity index is 1070. The van der Waals surface area contributed by atoms with Gasteiger partial charge < -0.3 is 19.9 Å². The summed E-state index contributed by atoms with van der Waals surface area (Å²) in [6.07, 6.45) is 0.658. The van der Waals surface area contributed by atoms with E-state index < -0.39 is 0 Å². The maximum Gasteiger partial charge on any atom is 0.322 e. The van der Waals surface area contributed by atoms with Crippen LogP contribution in [-0.4, -0.2) is 48.0 Å². The summed E-state index contributed by atoms with van der Waals surface area (Å²) in [4.78, 5) is 32.4. The molecule has 1 heterocycles. The molecule has 3 amide bonds. The van der Waals surface area contributed by atoms with Crippen molar-refractivity contribution in [2.45, 2.75) is 40.3 Å². The van der Waals surface area contributed by atoms with Gasteiger partial charge in [0.1, 0.15) is 6.54 Å². The molecule has 0 unspecified atom stereocenters. The normalized spacial score (nSPS) is 10.7. The van der Waals surface area contributed by atoms with Crippen LogP contribution in [0.2, 0.25) is 0 Å². The van der Waals surface area contributed by atoms with E-state index in [1.807, 2.05) is 73.3 Å². The number of hydrogen-bond donors (Lipinski definition) is 1. The molecule has 0 saturated heterocycles. The van der Waals surface area contributed by atoms with Gasteiger partial charge in [-0.05, 0) is 57.0 Å². The number of ether oxygens (including phenoxy) is 1. The van der Waals surface area contributed by atoms with Crippen LogP contribution in [0.3, 0.4) is 0 Å². The number of anilines is 1. The van der Waals surface area contributed by atoms with Crippen molar-refractivity contribution in [1.29, 1.82) is 0 Å². The Morgan fingerprint density at radius 3 is 2.31 bits per heavy atom. The average molecular weight is 494 g/mol. The highest BCUT2D eigenvalue weighted by Gasteiger charge is 2.22. The van der Waals surface area contributed by atoms with E-state index in [0.717, 1.165) is 16.0 Å². The molecule has 3 aromatic rings. The fourth-order valence-corrected chi connectivity index (χ4v) is 4.56. The Labute approximate surface area is 212 Å². The highest BCUT2D eigenvalue weighted by atomic mass is 32.1. The Hall–Kier alpha value is -3.16. The first-order chi connectivity index (χ1) is 16.9. The third kappa shape index (κ3) is 8.85. The first-order valence-electron chi connectivity index (χ1n) is 12.0. The SMILES string of the molecule is CCOCCCN(CC(=O)N(Cc1ccccc1)Cc1ccc(C)s1)C(=O)Nc1ccc(C)cc1. The number of urea groups is 1. The number of nitrogens with one attached hydrogen (secondary N) is 1. The minimum absolute atomic E-state index is 0.00100. The number of rotatable bonds is 12. The Morgan fingerprint density at radius 1 is 0.914 bits per heavy atom. The van der Waals surface area contributed by atoms with Crippen LogP contribution >= 0.6 is 11.3 Å². The quantitative estimate of drug-likeness (QED) is 0.322. The average Bonchev–Trinajstić information content (AvgIpc) is 3.27. The molecule has 0 aliphatic rings. The van der Waals surface area contributed by atoms with Crippen LogP contribution in [0.1, 0.15) is 34.2 Å². The molecule has 0 atom stereocenters. The van der Waals surface area contributed by atoms with Gasteiger partial charge in [-0.2, -0.15) is 0 Å². The van der Waals surface area contributed by atoms with Crippen molar-refractivity contribution < 1.29 is 14.3 Å². The summed E-state index contributed by atoms with van der Waals surface area (Å²) in [5.74, 6) is -0.0876. The van der Waals surface area contributed by atoms with Gasteiger partial charge in [-0.1, -0.05) is 48.0 Å². The third-order valence-electron chi connectivity index (χ3n) is 5.55. The molecule has 3 rings (SSSR count). The van der Waals surface area contributed by atoms with E-state index in [-0.39, 0.29) is 18.5 Å². The monoisotopic (exact) mass is 493 g/mol. The van der Waals surface area contributed by atoms with Gasteiger partial charge in [0.15, 0.2) is 0 Å². The van der Waals surface area contributed by atoms with Crippen LogP contribution in [-0.2, 0) is 22.6 Å². The number of benzene rings is 2. The lowest BCUT2D eigenvalue weighted by molar-refractivity contribution is -0.133. The number of aryl methyl sites for hydroxylation is 2. The highest BCUT2D eigenvalue weighted by Crippen LogP contribution is 2.19. The van der Waals surface area contributed by atoms with Crippen molar-refractivity contribution in [3.8, 4) is 0 Å². The molecule has 0 radical (unpaired) electrons. The largest absolute Gasteiger partial charge is 0.382 e. The van der Waals surface area contributed by atoms with Gasteiger partial charge in [-0.25, -0.2) is 4.79 Å². The Kier molecular flexibility index (Phi) is 10.3. The smallest absolute Gasteiger partial charge is 0.322 e. The molecule has 1 aromatic heterocycles. The summed E-state index contributed by atoms with van der Waals surface area (Å²) in [6, 6.07) is 21.4. The molecule has 0 saturated carbocycles. The van der Waals surface area contributed by atoms with Gasteiger partial charge in [0.25, 0.3) is 0 Å². The van der Waals surface area contributed by atoms with E-state index in [0.29, 0.717) is 45.0 Å². The third-order valence-corrected chi connectivity index (χ3v) is 6.53. The van der Waals surface area contributed by atoms with Crippen LogP contribution in [0.15, 0.2) is 66.7 Å². The van der Waals surface area contributed by atoms with Crippen LogP contribution in [0.4, 0.5) is 10.5 Å². The van der Waals surface area contributed by atoms with Crippen molar-refractivity contribution in [2.24, 2.45) is 0 Å². The standard InChI is InChI=1S/C28H35N3O3S/c1-4-34-18-8-17-30(28(33)29-25-14-11-22(2)12-15-25)21-27(32)31(19-24-9-6-5-7-10-24)20-26-16-13-23(3)35-26/h5-7,9-16H,4,8,17-21H2,1-3H3,(H,29,33). The molecule has 0 fully saturated rings. The molecule has 0 spiro atoms. The second-order valence-corrected chi connectivity index (χ2v) is 9.89. The zero-order valence-corrected chi connectivity index (χ0v) is 21.6. The second-order valence-electron chi connectivity index (χ2n) is 8.52. The lowest BCUT2D eigenvalue weighted by atomic mass is 10.2. The highest BCUT2D eigenvalue weighted by molar-refractivity contribution is 7.11. The molecule has 0 bridgehead atoms. The first-order valence-corrected chi connectivity index (χ1v) is 12.8. The van der Waals surface area contributed by atoms with Crippen LogP contribution in [0, 0.1) is 13.8 Å². The molecule has 7 heteroatoms. The van der Waals surface area contributed by atoms with E-state index in [1.165, 1.54) is 4.88 Å². The lowest BCUT2D eigenvalue weighted by Crippen LogP contribution is -2.44. The predicted molar refractivity (Wildman–Crippen MR) is 143 cm³/mol. The summed E-state index contributed by atoms with van der Waals surface area (Å²) in [5.41, 5.74) is 2.88. The van der Waals surface area contributed by atoms with Crippen LogP contribution in [0.5, 0.6) is 0 Å². The van der Waals surface area contributed by atoms with Crippen molar-refractivity contribution in [3.63, 3.8) is 0 Å². The van der Waals surface area contributed by atoms with Crippen molar-refractivity contribution >= 4 is 29.0 Å². The molecule has 0 aliphatic carbocycles. The van der Waals surface area contributed by atoms with E-state index in [2.05, 4.69) is 24.4 Å². The molecular formula is C28H35N3O3S. The van der Waals surface area contributed by atoms with Gasteiger partial charge in [-0.15, -0.1) is 11.3 Å². The van der Waals surface area contributed by atoms with Crippen LogP contribution in [0.25, 0.3) is 0 Å². The summed E-state index contributed by atoms with van der Waals surface area (Å²) in [5, 5.41) is 2.93. The zero-order valence-electron chi connectivity index (χ0n) is 20.8. The number of thiophene rings is 1. The maximum absolute atomic E-state index is 13.5. The fraction of sp³-hybridized carbons (Fsp3) is 0.357. The van der Waals surface area contributed by atoms with E-state index in [9.17, 15) is 9.59 Å². The lowest BCUT2D eigenvalue weighted by Gasteiger charge is -2.28. The molecule has 2 aromatic carbocycles. The summed E-state index contributed by atoms with van der Waals surface area (Å²) < 4.78 is 5.46. The zero-order chi connectivity index (χ0) is 25.0. The molecule has 35 heavy (non-hydrogen) atoms. The molecule has 6 nitrogen and oxygen atoms in total. The summed E-state index contributed by atoms with van der Waals surface area (Å²) in [6.45, 7) is 8.61. The van der Waals surface area contributed by atoms with Crippen molar-refractivity contribution in [2.75, 3.05) is 31.6 Å². The van der Waals surface area contributed by atoms with E-state index in [4.69, 9.17) is 4.74 Å². The molecule has 1 N–H and O–H groups in total. The maximum atomic E-state index is 13.5. The number of amides is 3. The van der Waals surface area contributed by atoms with Gasteiger partial charge in [0, 0.05) is 41.7 Å². The number of hydrogen-bond acceptors (Lipinski definition) is 4. The minimum atomic E-state index is -0.287. The predicted octanol–water partition coefficient (Wildman–Crippen LogP) is 5.85. The molecule has 186 valence electrons. The molecule has 0 aliphatic heterocycles. The number of carbonyl (C=O) groups excluding carboxylic acids is 2. The number of nitrogens with zero attached hydrogens (tertiary/aromatic N) is 2. The second kappa shape index (κ2) is 13.7. The van der Waals surface area contributed by atoms with Crippen molar-refractivity contribution in [1.82, 2.24) is 9.80 Å².